The summed E-state index contributed by atoms with van der Waals surface area (Å²) in [6.07, 6.45) is 1.73. The first-order valence-corrected chi connectivity index (χ1v) is 6.67. The molecule has 19 heavy (non-hydrogen) atoms. The molecule has 0 aliphatic rings. The molecule has 3 aromatic rings. The van der Waals surface area contributed by atoms with E-state index in [0.717, 1.165) is 15.7 Å². The smallest absolute Gasteiger partial charge is 0.215 e. The molecule has 3 heterocycles. The van der Waals surface area contributed by atoms with Crippen LogP contribution >= 0.6 is 15.9 Å². The normalized spacial score (nSPS) is 10.8. The molecule has 96 valence electrons. The number of aromatic nitrogens is 4. The average molecular weight is 319 g/mol. The molecule has 0 fully saturated rings. The quantitative estimate of drug-likeness (QED) is 0.805. The molecule has 3 aromatic heterocycles. The Morgan fingerprint density at radius 1 is 1.26 bits per heavy atom. The molecule has 1 N–H and O–H groups in total. The predicted octanol–water partition coefficient (Wildman–Crippen LogP) is 3.18. The van der Waals surface area contributed by atoms with Gasteiger partial charge in [0, 0.05) is 16.7 Å². The fourth-order valence-corrected chi connectivity index (χ4v) is 2.22. The summed E-state index contributed by atoms with van der Waals surface area (Å²) in [6.45, 7) is 2.51. The lowest BCUT2D eigenvalue weighted by Crippen LogP contribution is -1.93. The zero-order chi connectivity index (χ0) is 13.2. The molecule has 0 bridgehead atoms. The van der Waals surface area contributed by atoms with Crippen LogP contribution in [0.1, 0.15) is 6.92 Å². The van der Waals surface area contributed by atoms with E-state index in [-0.39, 0.29) is 0 Å². The van der Waals surface area contributed by atoms with Gasteiger partial charge >= 0.3 is 0 Å². The van der Waals surface area contributed by atoms with Crippen molar-refractivity contribution < 1.29 is 4.74 Å². The number of nitrogens with one attached hydrogen (secondary N) is 1. The van der Waals surface area contributed by atoms with Gasteiger partial charge in [-0.3, -0.25) is 4.98 Å². The molecular weight excluding hydrogens is 308 g/mol. The maximum absolute atomic E-state index is 5.36. The molecule has 0 aliphatic heterocycles. The van der Waals surface area contributed by atoms with E-state index in [1.807, 2.05) is 31.2 Å². The van der Waals surface area contributed by atoms with Gasteiger partial charge in [-0.05, 0) is 41.1 Å². The third kappa shape index (κ3) is 2.31. The van der Waals surface area contributed by atoms with Crippen LogP contribution in [0.4, 0.5) is 0 Å². The van der Waals surface area contributed by atoms with Crippen molar-refractivity contribution in [3.63, 3.8) is 0 Å². The maximum atomic E-state index is 5.36. The second kappa shape index (κ2) is 4.97. The maximum Gasteiger partial charge on any atom is 0.215 e. The van der Waals surface area contributed by atoms with Gasteiger partial charge in [-0.1, -0.05) is 0 Å². The van der Waals surface area contributed by atoms with Gasteiger partial charge in [0.1, 0.15) is 5.69 Å². The van der Waals surface area contributed by atoms with Gasteiger partial charge in [-0.2, -0.15) is 4.98 Å². The lowest BCUT2D eigenvalue weighted by molar-refractivity contribution is 0.328. The van der Waals surface area contributed by atoms with Crippen LogP contribution in [0.3, 0.4) is 0 Å². The van der Waals surface area contributed by atoms with E-state index in [1.54, 1.807) is 6.20 Å². The van der Waals surface area contributed by atoms with Crippen LogP contribution < -0.4 is 4.74 Å². The number of halogens is 1. The molecule has 3 rings (SSSR count). The summed E-state index contributed by atoms with van der Waals surface area (Å²) >= 11 is 3.46. The Morgan fingerprint density at radius 3 is 2.95 bits per heavy atom. The van der Waals surface area contributed by atoms with Gasteiger partial charge in [0.2, 0.25) is 5.88 Å². The number of ether oxygens (including phenoxy) is 1. The van der Waals surface area contributed by atoms with Crippen LogP contribution in [0.2, 0.25) is 0 Å². The number of rotatable bonds is 3. The number of H-pyrrole nitrogens is 1. The van der Waals surface area contributed by atoms with Crippen LogP contribution in [0.25, 0.3) is 22.7 Å². The summed E-state index contributed by atoms with van der Waals surface area (Å²) in [5.74, 6) is 1.26. The van der Waals surface area contributed by atoms with Crippen LogP contribution in [0.15, 0.2) is 34.9 Å². The summed E-state index contributed by atoms with van der Waals surface area (Å²) in [6, 6.07) is 7.51. The first-order chi connectivity index (χ1) is 9.28. The number of nitrogens with zero attached hydrogens (tertiary/aromatic N) is 3. The minimum absolute atomic E-state index is 0.577. The third-order valence-corrected chi connectivity index (χ3v) is 3.24. The van der Waals surface area contributed by atoms with E-state index >= 15 is 0 Å². The largest absolute Gasteiger partial charge is 0.478 e. The highest BCUT2D eigenvalue weighted by Crippen LogP contribution is 2.25. The molecule has 0 atom stereocenters. The van der Waals surface area contributed by atoms with Crippen molar-refractivity contribution in [1.29, 1.82) is 0 Å². The zero-order valence-electron chi connectivity index (χ0n) is 10.2. The molecule has 0 spiro atoms. The predicted molar refractivity (Wildman–Crippen MR) is 76.0 cm³/mol. The van der Waals surface area contributed by atoms with Crippen LogP contribution in [0, 0.1) is 0 Å². The minimum Gasteiger partial charge on any atom is -0.478 e. The topological polar surface area (TPSA) is 63.7 Å². The van der Waals surface area contributed by atoms with Crippen molar-refractivity contribution in [3.8, 4) is 17.4 Å². The summed E-state index contributed by atoms with van der Waals surface area (Å²) in [7, 11) is 0. The second-order valence-electron chi connectivity index (χ2n) is 3.87. The lowest BCUT2D eigenvalue weighted by atomic mass is 10.3. The number of hydrogen-bond acceptors (Lipinski definition) is 4. The average Bonchev–Trinajstić information content (AvgIpc) is 2.82. The highest BCUT2D eigenvalue weighted by atomic mass is 79.9. The molecule has 0 saturated heterocycles. The van der Waals surface area contributed by atoms with Crippen molar-refractivity contribution in [2.75, 3.05) is 6.61 Å². The van der Waals surface area contributed by atoms with Gasteiger partial charge < -0.3 is 9.72 Å². The number of pyridine rings is 2. The van der Waals surface area contributed by atoms with Gasteiger partial charge in [-0.25, -0.2) is 4.98 Å². The van der Waals surface area contributed by atoms with E-state index in [9.17, 15) is 0 Å². The van der Waals surface area contributed by atoms with Gasteiger partial charge in [0.15, 0.2) is 11.5 Å². The Labute approximate surface area is 118 Å². The highest BCUT2D eigenvalue weighted by molar-refractivity contribution is 9.10. The Morgan fingerprint density at radius 2 is 2.16 bits per heavy atom. The van der Waals surface area contributed by atoms with Crippen molar-refractivity contribution in [1.82, 2.24) is 19.9 Å². The van der Waals surface area contributed by atoms with Crippen LogP contribution in [-0.2, 0) is 0 Å². The summed E-state index contributed by atoms with van der Waals surface area (Å²) < 4.78 is 6.25. The summed E-state index contributed by atoms with van der Waals surface area (Å²) in [5, 5.41) is 0. The SMILES string of the molecule is CCOc1ccc2[nH]c(-c3ncccc3Br)nc2n1. The fourth-order valence-electron chi connectivity index (χ4n) is 1.78. The van der Waals surface area contributed by atoms with Crippen molar-refractivity contribution in [3.05, 3.63) is 34.9 Å². The lowest BCUT2D eigenvalue weighted by Gasteiger charge is -1.99. The van der Waals surface area contributed by atoms with E-state index < -0.39 is 0 Å². The Hall–Kier alpha value is -1.95. The van der Waals surface area contributed by atoms with Crippen molar-refractivity contribution in [2.45, 2.75) is 6.92 Å². The Balaban J connectivity index is 2.09. The molecule has 6 heteroatoms. The summed E-state index contributed by atoms with van der Waals surface area (Å²) in [4.78, 5) is 16.3. The first kappa shape index (κ1) is 12.1. The third-order valence-electron chi connectivity index (χ3n) is 2.60. The molecule has 0 unspecified atom stereocenters. The van der Waals surface area contributed by atoms with Crippen molar-refractivity contribution >= 4 is 27.1 Å². The number of hydrogen-bond donors (Lipinski definition) is 1. The molecular formula is C13H11BrN4O. The molecule has 0 saturated carbocycles. The Kier molecular flexibility index (Phi) is 3.16. The highest BCUT2D eigenvalue weighted by Gasteiger charge is 2.11. The second-order valence-corrected chi connectivity index (χ2v) is 4.73. The number of imidazole rings is 1. The molecule has 0 aliphatic carbocycles. The monoisotopic (exact) mass is 318 g/mol. The van der Waals surface area contributed by atoms with Crippen LogP contribution in [-0.4, -0.2) is 26.5 Å². The standard InChI is InChI=1S/C13H11BrN4O/c1-2-19-10-6-5-9-12(17-10)18-13(16-9)11-8(14)4-3-7-15-11/h3-7H,2H2,1H3,(H,16,17,18). The van der Waals surface area contributed by atoms with E-state index in [1.165, 1.54) is 0 Å². The molecule has 0 amide bonds. The van der Waals surface area contributed by atoms with E-state index in [2.05, 4.69) is 35.9 Å². The van der Waals surface area contributed by atoms with Gasteiger partial charge in [-0.15, -0.1) is 0 Å². The fraction of sp³-hybridized carbons (Fsp3) is 0.154. The molecule has 5 nitrogen and oxygen atoms in total. The number of fused-ring (bicyclic) bond motifs is 1. The van der Waals surface area contributed by atoms with E-state index in [0.29, 0.717) is 24.0 Å². The van der Waals surface area contributed by atoms with Crippen molar-refractivity contribution in [2.24, 2.45) is 0 Å². The Bertz CT molecular complexity index is 725. The zero-order valence-corrected chi connectivity index (χ0v) is 11.8. The van der Waals surface area contributed by atoms with Gasteiger partial charge in [0.25, 0.3) is 0 Å². The van der Waals surface area contributed by atoms with Gasteiger partial charge in [0.05, 0.1) is 12.1 Å². The molecule has 0 aromatic carbocycles. The molecule has 0 radical (unpaired) electrons. The first-order valence-electron chi connectivity index (χ1n) is 5.88. The van der Waals surface area contributed by atoms with E-state index in [4.69, 9.17) is 4.74 Å². The summed E-state index contributed by atoms with van der Waals surface area (Å²) in [5.41, 5.74) is 2.24. The van der Waals surface area contributed by atoms with Crippen LogP contribution in [0.5, 0.6) is 5.88 Å². The number of aromatic amines is 1. The minimum atomic E-state index is 0.577.